The zero-order valence-electron chi connectivity index (χ0n) is 8.52. The fourth-order valence-electron chi connectivity index (χ4n) is 3.01. The number of hydrogen-bond acceptors (Lipinski definition) is 3. The van der Waals surface area contributed by atoms with Gasteiger partial charge in [0.2, 0.25) is 10.0 Å². The molecular formula is C9H18N2O2S. The molecule has 3 atom stereocenters. The minimum absolute atomic E-state index is 0.289. The summed E-state index contributed by atoms with van der Waals surface area (Å²) < 4.78 is 22.5. The van der Waals surface area contributed by atoms with Crippen LogP contribution in [0.4, 0.5) is 0 Å². The van der Waals surface area contributed by atoms with E-state index in [4.69, 9.17) is 5.14 Å². The largest absolute Gasteiger partial charge is 0.298 e. The molecule has 5 heteroatoms. The Balaban J connectivity index is 2.13. The Kier molecular flexibility index (Phi) is 2.57. The third kappa shape index (κ3) is 1.68. The number of sulfonamides is 1. The number of nitrogens with two attached hydrogens (primary N) is 1. The molecule has 0 amide bonds. The number of nitrogens with zero attached hydrogens (tertiary/aromatic N) is 1. The summed E-state index contributed by atoms with van der Waals surface area (Å²) in [6.45, 7) is 3.18. The first-order valence-corrected chi connectivity index (χ1v) is 6.90. The van der Waals surface area contributed by atoms with Gasteiger partial charge in [-0.05, 0) is 32.2 Å². The highest BCUT2D eigenvalue weighted by Crippen LogP contribution is 2.37. The lowest BCUT2D eigenvalue weighted by Crippen LogP contribution is -2.48. The van der Waals surface area contributed by atoms with Gasteiger partial charge in [-0.15, -0.1) is 0 Å². The third-order valence-corrected chi connectivity index (χ3v) is 4.98. The minimum Gasteiger partial charge on any atom is -0.298 e. The molecule has 14 heavy (non-hydrogen) atoms. The van der Waals surface area contributed by atoms with Crippen molar-refractivity contribution in [1.82, 2.24) is 4.90 Å². The van der Waals surface area contributed by atoms with Gasteiger partial charge in [0.05, 0.1) is 5.25 Å². The Morgan fingerprint density at radius 1 is 1.29 bits per heavy atom. The van der Waals surface area contributed by atoms with Crippen molar-refractivity contribution >= 4 is 10.0 Å². The summed E-state index contributed by atoms with van der Waals surface area (Å²) in [6, 6.07) is 0.921. The molecule has 1 unspecified atom stereocenters. The average molecular weight is 218 g/mol. The summed E-state index contributed by atoms with van der Waals surface area (Å²) in [5.41, 5.74) is 0. The van der Waals surface area contributed by atoms with Gasteiger partial charge in [0.15, 0.2) is 0 Å². The first kappa shape index (κ1) is 10.4. The van der Waals surface area contributed by atoms with Crippen molar-refractivity contribution in [2.24, 2.45) is 5.14 Å². The van der Waals surface area contributed by atoms with Crippen LogP contribution >= 0.6 is 0 Å². The highest BCUT2D eigenvalue weighted by Gasteiger charge is 2.43. The lowest BCUT2D eigenvalue weighted by Gasteiger charge is -2.37. The lowest BCUT2D eigenvalue weighted by molar-refractivity contribution is 0.150. The van der Waals surface area contributed by atoms with E-state index in [1.807, 2.05) is 0 Å². The molecule has 2 saturated heterocycles. The van der Waals surface area contributed by atoms with E-state index >= 15 is 0 Å². The number of piperidine rings is 1. The van der Waals surface area contributed by atoms with Crippen LogP contribution in [0.1, 0.15) is 32.6 Å². The van der Waals surface area contributed by atoms with E-state index in [0.717, 1.165) is 32.2 Å². The SMILES string of the molecule is CCN1C2CC[C@H]1C[C@@H](S(N)(=O)=O)C2. The van der Waals surface area contributed by atoms with E-state index in [0.29, 0.717) is 12.1 Å². The molecule has 82 valence electrons. The standard InChI is InChI=1S/C9H18N2O2S/c1-2-11-7-3-4-8(11)6-9(5-7)14(10,12)13/h7-9H,2-6H2,1H3,(H2,10,12,13)/t7-,8?,9+/m0/s1. The Labute approximate surface area is 85.5 Å². The molecule has 0 aromatic heterocycles. The second-order valence-corrected chi connectivity index (χ2v) is 6.24. The summed E-state index contributed by atoms with van der Waals surface area (Å²) in [4.78, 5) is 2.43. The Morgan fingerprint density at radius 2 is 1.79 bits per heavy atom. The highest BCUT2D eigenvalue weighted by molar-refractivity contribution is 7.89. The maximum atomic E-state index is 11.3. The molecule has 0 aromatic rings. The van der Waals surface area contributed by atoms with Gasteiger partial charge >= 0.3 is 0 Å². The maximum Gasteiger partial charge on any atom is 0.212 e. The van der Waals surface area contributed by atoms with E-state index in [9.17, 15) is 8.42 Å². The molecule has 2 aliphatic heterocycles. The number of hydrogen-bond donors (Lipinski definition) is 1. The quantitative estimate of drug-likeness (QED) is 0.724. The molecule has 2 rings (SSSR count). The fourth-order valence-corrected chi connectivity index (χ4v) is 3.99. The van der Waals surface area contributed by atoms with Crippen LogP contribution in [0.3, 0.4) is 0 Å². The highest BCUT2D eigenvalue weighted by atomic mass is 32.2. The topological polar surface area (TPSA) is 63.4 Å². The van der Waals surface area contributed by atoms with E-state index in [1.54, 1.807) is 0 Å². The van der Waals surface area contributed by atoms with Crippen LogP contribution in [0.15, 0.2) is 0 Å². The predicted octanol–water partition coefficient (Wildman–Crippen LogP) is 0.290. The summed E-state index contributed by atoms with van der Waals surface area (Å²) in [6.07, 6.45) is 3.77. The van der Waals surface area contributed by atoms with Crippen molar-refractivity contribution in [3.8, 4) is 0 Å². The first-order valence-electron chi connectivity index (χ1n) is 5.29. The number of fused-ring (bicyclic) bond motifs is 2. The van der Waals surface area contributed by atoms with Crippen molar-refractivity contribution in [3.05, 3.63) is 0 Å². The second kappa shape index (κ2) is 3.47. The van der Waals surface area contributed by atoms with Crippen molar-refractivity contribution < 1.29 is 8.42 Å². The molecule has 0 aromatic carbocycles. The normalized spacial score (nSPS) is 38.9. The molecule has 0 spiro atoms. The van der Waals surface area contributed by atoms with Crippen LogP contribution in [-0.2, 0) is 10.0 Å². The molecule has 2 heterocycles. The van der Waals surface area contributed by atoms with Gasteiger partial charge in [0, 0.05) is 12.1 Å². The predicted molar refractivity (Wildman–Crippen MR) is 55.3 cm³/mol. The average Bonchev–Trinajstić information content (AvgIpc) is 2.32. The van der Waals surface area contributed by atoms with Crippen molar-refractivity contribution in [3.63, 3.8) is 0 Å². The van der Waals surface area contributed by atoms with E-state index < -0.39 is 10.0 Å². The van der Waals surface area contributed by atoms with Crippen molar-refractivity contribution in [2.75, 3.05) is 6.54 Å². The van der Waals surface area contributed by atoms with Gasteiger partial charge in [-0.2, -0.15) is 0 Å². The van der Waals surface area contributed by atoms with Crippen LogP contribution in [-0.4, -0.2) is 37.2 Å². The zero-order valence-corrected chi connectivity index (χ0v) is 9.33. The summed E-state index contributed by atoms with van der Waals surface area (Å²) >= 11 is 0. The molecule has 2 bridgehead atoms. The number of rotatable bonds is 2. The van der Waals surface area contributed by atoms with Crippen molar-refractivity contribution in [1.29, 1.82) is 0 Å². The molecule has 0 saturated carbocycles. The second-order valence-electron chi connectivity index (χ2n) is 4.40. The van der Waals surface area contributed by atoms with Gasteiger partial charge < -0.3 is 0 Å². The van der Waals surface area contributed by atoms with Gasteiger partial charge in [-0.25, -0.2) is 13.6 Å². The maximum absolute atomic E-state index is 11.3. The van der Waals surface area contributed by atoms with Crippen LogP contribution < -0.4 is 5.14 Å². The first-order chi connectivity index (χ1) is 6.52. The molecular weight excluding hydrogens is 200 g/mol. The third-order valence-electron chi connectivity index (χ3n) is 3.67. The van der Waals surface area contributed by atoms with Gasteiger partial charge in [-0.3, -0.25) is 4.90 Å². The molecule has 2 aliphatic rings. The van der Waals surface area contributed by atoms with E-state index in [2.05, 4.69) is 11.8 Å². The lowest BCUT2D eigenvalue weighted by atomic mass is 10.0. The van der Waals surface area contributed by atoms with Gasteiger partial charge in [0.1, 0.15) is 0 Å². The zero-order chi connectivity index (χ0) is 10.3. The van der Waals surface area contributed by atoms with Crippen LogP contribution in [0.25, 0.3) is 0 Å². The molecule has 2 N–H and O–H groups in total. The molecule has 0 radical (unpaired) electrons. The molecule has 4 nitrogen and oxygen atoms in total. The minimum atomic E-state index is -3.31. The monoisotopic (exact) mass is 218 g/mol. The van der Waals surface area contributed by atoms with Crippen LogP contribution in [0.2, 0.25) is 0 Å². The van der Waals surface area contributed by atoms with E-state index in [1.165, 1.54) is 0 Å². The molecule has 2 fully saturated rings. The summed E-state index contributed by atoms with van der Waals surface area (Å²) in [5, 5.41) is 4.91. The smallest absolute Gasteiger partial charge is 0.212 e. The van der Waals surface area contributed by atoms with Gasteiger partial charge in [0.25, 0.3) is 0 Å². The van der Waals surface area contributed by atoms with Crippen LogP contribution in [0, 0.1) is 0 Å². The summed E-state index contributed by atoms with van der Waals surface area (Å²) in [5.74, 6) is 0. The Morgan fingerprint density at radius 3 is 2.14 bits per heavy atom. The Bertz CT molecular complexity index is 301. The molecule has 0 aliphatic carbocycles. The summed E-state index contributed by atoms with van der Waals surface area (Å²) in [7, 11) is -3.31. The van der Waals surface area contributed by atoms with E-state index in [-0.39, 0.29) is 5.25 Å². The number of primary sulfonamides is 1. The fraction of sp³-hybridized carbons (Fsp3) is 1.00. The van der Waals surface area contributed by atoms with Crippen molar-refractivity contribution in [2.45, 2.75) is 49.9 Å². The van der Waals surface area contributed by atoms with Gasteiger partial charge in [-0.1, -0.05) is 6.92 Å². The Hall–Kier alpha value is -0.130. The van der Waals surface area contributed by atoms with Crippen LogP contribution in [0.5, 0.6) is 0 Å².